The lowest BCUT2D eigenvalue weighted by molar-refractivity contribution is -0.163. The minimum Gasteiger partial charge on any atom is -0.454 e. The third-order valence-corrected chi connectivity index (χ3v) is 5.45. The molecule has 6 unspecified atom stereocenters. The summed E-state index contributed by atoms with van der Waals surface area (Å²) in [6, 6.07) is 0. The van der Waals surface area contributed by atoms with Gasteiger partial charge < -0.3 is 19.3 Å². The molecule has 0 bridgehead atoms. The van der Waals surface area contributed by atoms with E-state index in [1.807, 2.05) is 19.9 Å². The monoisotopic (exact) mass is 350 g/mol. The predicted molar refractivity (Wildman–Crippen MR) is 89.5 cm³/mol. The van der Waals surface area contributed by atoms with Crippen molar-refractivity contribution in [1.29, 1.82) is 0 Å². The van der Waals surface area contributed by atoms with Crippen molar-refractivity contribution in [3.63, 3.8) is 0 Å². The third kappa shape index (κ3) is 3.13. The molecule has 2 fully saturated rings. The molecule has 6 heteroatoms. The third-order valence-electron chi connectivity index (χ3n) is 5.45. The van der Waals surface area contributed by atoms with Crippen LogP contribution >= 0.6 is 0 Å². The molecule has 2 saturated heterocycles. The molecule has 0 aromatic rings. The van der Waals surface area contributed by atoms with Gasteiger partial charge in [0, 0.05) is 5.57 Å². The topological polar surface area (TPSA) is 85.4 Å². The van der Waals surface area contributed by atoms with Crippen LogP contribution in [0.1, 0.15) is 40.5 Å². The summed E-state index contributed by atoms with van der Waals surface area (Å²) in [5.74, 6) is -1.90. The summed E-state index contributed by atoms with van der Waals surface area (Å²) in [5, 5.41) is 10.8. The zero-order chi connectivity index (χ0) is 18.5. The minimum atomic E-state index is -0.930. The van der Waals surface area contributed by atoms with Crippen LogP contribution in [0, 0.1) is 11.8 Å². The summed E-state index contributed by atoms with van der Waals surface area (Å²) in [7, 11) is 0. The second-order valence-corrected chi connectivity index (χ2v) is 7.76. The maximum atomic E-state index is 12.2. The number of esters is 2. The molecule has 3 aliphatic rings. The molecule has 25 heavy (non-hydrogen) atoms. The van der Waals surface area contributed by atoms with Crippen LogP contribution in [0.5, 0.6) is 0 Å². The fourth-order valence-corrected chi connectivity index (χ4v) is 3.72. The lowest BCUT2D eigenvalue weighted by Crippen LogP contribution is -2.44. The molecule has 0 aromatic carbocycles. The fraction of sp³-hybridized carbons (Fsp3) is 0.684. The number of fused-ring (bicyclic) bond motifs is 2. The first-order valence-electron chi connectivity index (χ1n) is 8.78. The van der Waals surface area contributed by atoms with E-state index in [-0.39, 0.29) is 23.6 Å². The van der Waals surface area contributed by atoms with Crippen LogP contribution in [0.15, 0.2) is 23.8 Å². The van der Waals surface area contributed by atoms with Gasteiger partial charge >= 0.3 is 11.9 Å². The van der Waals surface area contributed by atoms with Gasteiger partial charge in [-0.2, -0.15) is 0 Å². The van der Waals surface area contributed by atoms with Crippen LogP contribution in [-0.2, 0) is 23.8 Å². The Hall–Kier alpha value is -1.66. The summed E-state index contributed by atoms with van der Waals surface area (Å²) < 4.78 is 16.9. The number of rotatable bonds is 2. The largest absolute Gasteiger partial charge is 0.454 e. The molecule has 0 radical (unpaired) electrons. The van der Waals surface area contributed by atoms with Crippen molar-refractivity contribution in [3.05, 3.63) is 23.8 Å². The van der Waals surface area contributed by atoms with Crippen molar-refractivity contribution in [2.45, 2.75) is 70.6 Å². The van der Waals surface area contributed by atoms with Gasteiger partial charge in [-0.3, -0.25) is 4.79 Å². The van der Waals surface area contributed by atoms with E-state index in [2.05, 4.69) is 6.58 Å². The Balaban J connectivity index is 1.98. The van der Waals surface area contributed by atoms with E-state index in [4.69, 9.17) is 14.2 Å². The highest BCUT2D eigenvalue weighted by Crippen LogP contribution is 2.48. The molecule has 0 amide bonds. The van der Waals surface area contributed by atoms with Crippen LogP contribution < -0.4 is 0 Å². The van der Waals surface area contributed by atoms with Gasteiger partial charge in [0.15, 0.2) is 12.2 Å². The highest BCUT2D eigenvalue weighted by Gasteiger charge is 2.61. The fourth-order valence-electron chi connectivity index (χ4n) is 3.72. The van der Waals surface area contributed by atoms with Crippen LogP contribution in [0.4, 0.5) is 0 Å². The Labute approximate surface area is 147 Å². The van der Waals surface area contributed by atoms with Crippen molar-refractivity contribution in [1.82, 2.24) is 0 Å². The number of epoxide rings is 1. The lowest BCUT2D eigenvalue weighted by atomic mass is 9.81. The number of hydrogen-bond acceptors (Lipinski definition) is 6. The van der Waals surface area contributed by atoms with E-state index < -0.39 is 35.8 Å². The first-order chi connectivity index (χ1) is 11.7. The molecule has 0 saturated carbocycles. The SMILES string of the molecule is C=C1C(=O)OC2C(OC(=O)C(C)C)C(C)=CCCC3(C)OC3C(O)C12. The van der Waals surface area contributed by atoms with Crippen molar-refractivity contribution in [3.8, 4) is 0 Å². The van der Waals surface area contributed by atoms with Gasteiger partial charge in [-0.05, 0) is 32.3 Å². The van der Waals surface area contributed by atoms with Crippen LogP contribution in [-0.4, -0.2) is 47.1 Å². The second kappa shape index (κ2) is 6.25. The maximum Gasteiger partial charge on any atom is 0.334 e. The number of hydrogen-bond donors (Lipinski definition) is 1. The van der Waals surface area contributed by atoms with Crippen molar-refractivity contribution in [2.75, 3.05) is 0 Å². The van der Waals surface area contributed by atoms with Gasteiger partial charge in [0.25, 0.3) is 0 Å². The van der Waals surface area contributed by atoms with Crippen molar-refractivity contribution in [2.24, 2.45) is 11.8 Å². The average molecular weight is 350 g/mol. The summed E-state index contributed by atoms with van der Waals surface area (Å²) in [5.41, 5.74) is 0.601. The molecule has 0 aromatic heterocycles. The van der Waals surface area contributed by atoms with E-state index in [1.165, 1.54) is 0 Å². The summed E-state index contributed by atoms with van der Waals surface area (Å²) >= 11 is 0. The Bertz CT molecular complexity index is 636. The molecule has 0 spiro atoms. The summed E-state index contributed by atoms with van der Waals surface area (Å²) in [6.45, 7) is 11.1. The predicted octanol–water partition coefficient (Wildman–Crippen LogP) is 1.91. The van der Waals surface area contributed by atoms with Crippen LogP contribution in [0.2, 0.25) is 0 Å². The Kier molecular flexibility index (Phi) is 4.54. The quantitative estimate of drug-likeness (QED) is 0.354. The second-order valence-electron chi connectivity index (χ2n) is 7.76. The molecule has 1 N–H and O–H groups in total. The molecule has 6 nitrogen and oxygen atoms in total. The van der Waals surface area contributed by atoms with Gasteiger partial charge in [-0.15, -0.1) is 0 Å². The first-order valence-corrected chi connectivity index (χ1v) is 8.78. The Morgan fingerprint density at radius 1 is 1.48 bits per heavy atom. The Morgan fingerprint density at radius 3 is 2.80 bits per heavy atom. The number of ether oxygens (including phenoxy) is 3. The number of allylic oxidation sites excluding steroid dienone is 1. The molecule has 1 aliphatic carbocycles. The van der Waals surface area contributed by atoms with Crippen molar-refractivity contribution < 1.29 is 28.9 Å². The number of carbonyl (C=O) groups excluding carboxylic acids is 2. The molecular weight excluding hydrogens is 324 g/mol. The zero-order valence-corrected chi connectivity index (χ0v) is 15.2. The van der Waals surface area contributed by atoms with Gasteiger partial charge in [0.2, 0.25) is 0 Å². The van der Waals surface area contributed by atoms with E-state index in [9.17, 15) is 14.7 Å². The number of carbonyl (C=O) groups is 2. The van der Waals surface area contributed by atoms with Gasteiger partial charge in [0.1, 0.15) is 6.10 Å². The highest BCUT2D eigenvalue weighted by molar-refractivity contribution is 5.91. The smallest absolute Gasteiger partial charge is 0.334 e. The zero-order valence-electron chi connectivity index (χ0n) is 15.2. The normalized spacial score (nSPS) is 40.7. The molecule has 2 aliphatic heterocycles. The average Bonchev–Trinajstić information content (AvgIpc) is 3.12. The maximum absolute atomic E-state index is 12.2. The van der Waals surface area contributed by atoms with Crippen LogP contribution in [0.25, 0.3) is 0 Å². The molecular formula is C19H26O6. The minimum absolute atomic E-state index is 0.203. The van der Waals surface area contributed by atoms with Crippen LogP contribution in [0.3, 0.4) is 0 Å². The van der Waals surface area contributed by atoms with Gasteiger partial charge in [-0.25, -0.2) is 4.79 Å². The summed E-state index contributed by atoms with van der Waals surface area (Å²) in [6.07, 6.45) is 0.635. The van der Waals surface area contributed by atoms with Gasteiger partial charge in [0.05, 0.1) is 23.5 Å². The highest BCUT2D eigenvalue weighted by atomic mass is 16.6. The van der Waals surface area contributed by atoms with Crippen molar-refractivity contribution >= 4 is 11.9 Å². The lowest BCUT2D eigenvalue weighted by Gasteiger charge is -2.31. The molecule has 6 atom stereocenters. The first kappa shape index (κ1) is 18.1. The molecule has 2 heterocycles. The van der Waals surface area contributed by atoms with E-state index in [0.717, 1.165) is 18.4 Å². The Morgan fingerprint density at radius 2 is 2.16 bits per heavy atom. The van der Waals surface area contributed by atoms with Gasteiger partial charge in [-0.1, -0.05) is 26.5 Å². The van der Waals surface area contributed by atoms with E-state index >= 15 is 0 Å². The summed E-state index contributed by atoms with van der Waals surface area (Å²) in [4.78, 5) is 24.3. The number of aliphatic hydroxyl groups excluding tert-OH is 1. The molecule has 3 rings (SSSR count). The molecule has 138 valence electrons. The van der Waals surface area contributed by atoms with E-state index in [1.54, 1.807) is 13.8 Å². The number of aliphatic hydroxyl groups is 1. The van der Waals surface area contributed by atoms with E-state index in [0.29, 0.717) is 0 Å². The standard InChI is InChI=1S/C19H26O6/c1-9(2)17(21)23-14-10(3)7-6-8-19(5)16(25-19)13(20)12-11(4)18(22)24-15(12)14/h7,9,12-16,20H,4,6,8H2,1-3,5H3.